The van der Waals surface area contributed by atoms with Crippen LogP contribution in [0.4, 0.5) is 18.9 Å². The molecule has 0 atom stereocenters. The minimum Gasteiger partial charge on any atom is -0.345 e. The van der Waals surface area contributed by atoms with Crippen molar-refractivity contribution >= 4 is 17.5 Å². The number of alkyl halides is 3. The number of anilines is 1. The highest BCUT2D eigenvalue weighted by Crippen LogP contribution is 2.20. The van der Waals surface area contributed by atoms with Gasteiger partial charge in [0.1, 0.15) is 0 Å². The van der Waals surface area contributed by atoms with Gasteiger partial charge in [-0.1, -0.05) is 30.9 Å². The highest BCUT2D eigenvalue weighted by molar-refractivity contribution is 5.96. The van der Waals surface area contributed by atoms with E-state index in [1.54, 1.807) is 18.3 Å². The molecule has 112 valence electrons. The molecule has 0 fully saturated rings. The molecule has 0 aliphatic carbocycles. The lowest BCUT2D eigenvalue weighted by atomic mass is 10.2. The number of amides is 2. The number of benzene rings is 1. The Labute approximate surface area is 119 Å². The standard InChI is InChI=1S/C14H13F3N2O2/c1-2-12(20)18-9-5-7-10-6-3-4-8-11(10)19-13(21)14(15,16)17/h3-4,6,8H,2,9H2,1H3,(H,18,20)(H,19,21). The van der Waals surface area contributed by atoms with E-state index in [0.29, 0.717) is 6.42 Å². The Hall–Kier alpha value is -2.49. The van der Waals surface area contributed by atoms with Crippen LogP contribution in [0.3, 0.4) is 0 Å². The number of carbonyl (C=O) groups is 2. The summed E-state index contributed by atoms with van der Waals surface area (Å²) in [7, 11) is 0. The van der Waals surface area contributed by atoms with E-state index in [9.17, 15) is 22.8 Å². The smallest absolute Gasteiger partial charge is 0.345 e. The van der Waals surface area contributed by atoms with E-state index in [4.69, 9.17) is 0 Å². The van der Waals surface area contributed by atoms with Gasteiger partial charge < -0.3 is 10.6 Å². The summed E-state index contributed by atoms with van der Waals surface area (Å²) in [5, 5.41) is 4.26. The molecule has 1 rings (SSSR count). The van der Waals surface area contributed by atoms with Crippen LogP contribution in [0.5, 0.6) is 0 Å². The third kappa shape index (κ3) is 5.57. The van der Waals surface area contributed by atoms with Crippen LogP contribution in [0.1, 0.15) is 18.9 Å². The number of halogens is 3. The zero-order chi connectivity index (χ0) is 15.9. The third-order valence-corrected chi connectivity index (χ3v) is 2.35. The molecule has 1 aromatic carbocycles. The fourth-order valence-corrected chi connectivity index (χ4v) is 1.30. The lowest BCUT2D eigenvalue weighted by molar-refractivity contribution is -0.167. The molecule has 0 heterocycles. The molecule has 0 saturated carbocycles. The SMILES string of the molecule is CCC(=O)NCC#Cc1ccccc1NC(=O)C(F)(F)F. The van der Waals surface area contributed by atoms with Gasteiger partial charge in [0.2, 0.25) is 5.91 Å². The van der Waals surface area contributed by atoms with E-state index >= 15 is 0 Å². The highest BCUT2D eigenvalue weighted by Gasteiger charge is 2.38. The highest BCUT2D eigenvalue weighted by atomic mass is 19.4. The second-order valence-electron chi connectivity index (χ2n) is 3.93. The van der Waals surface area contributed by atoms with E-state index in [2.05, 4.69) is 17.2 Å². The summed E-state index contributed by atoms with van der Waals surface area (Å²) in [6, 6.07) is 5.85. The molecule has 2 N–H and O–H groups in total. The van der Waals surface area contributed by atoms with Crippen molar-refractivity contribution in [2.45, 2.75) is 19.5 Å². The fourth-order valence-electron chi connectivity index (χ4n) is 1.30. The van der Waals surface area contributed by atoms with Crippen LogP contribution in [0.2, 0.25) is 0 Å². The van der Waals surface area contributed by atoms with Gasteiger partial charge in [0.15, 0.2) is 0 Å². The van der Waals surface area contributed by atoms with Crippen molar-refractivity contribution in [3.05, 3.63) is 29.8 Å². The lowest BCUT2D eigenvalue weighted by Crippen LogP contribution is -2.30. The van der Waals surface area contributed by atoms with Crippen LogP contribution in [-0.4, -0.2) is 24.5 Å². The summed E-state index contributed by atoms with van der Waals surface area (Å²) in [4.78, 5) is 21.9. The van der Waals surface area contributed by atoms with E-state index in [1.807, 2.05) is 0 Å². The largest absolute Gasteiger partial charge is 0.471 e. The molecular formula is C14H13F3N2O2. The molecule has 0 aromatic heterocycles. The summed E-state index contributed by atoms with van der Waals surface area (Å²) >= 11 is 0. The monoisotopic (exact) mass is 298 g/mol. The van der Waals surface area contributed by atoms with Crippen LogP contribution < -0.4 is 10.6 Å². The first-order chi connectivity index (χ1) is 9.84. The normalized spacial score (nSPS) is 10.3. The Morgan fingerprint density at radius 3 is 2.52 bits per heavy atom. The number of hydrogen-bond donors (Lipinski definition) is 2. The molecule has 7 heteroatoms. The molecule has 0 saturated heterocycles. The minimum atomic E-state index is -4.96. The maximum atomic E-state index is 12.2. The van der Waals surface area contributed by atoms with Crippen LogP contribution in [0.25, 0.3) is 0 Å². The van der Waals surface area contributed by atoms with E-state index in [0.717, 1.165) is 0 Å². The summed E-state index contributed by atoms with van der Waals surface area (Å²) < 4.78 is 36.6. The molecule has 0 unspecified atom stereocenters. The van der Waals surface area contributed by atoms with E-state index in [-0.39, 0.29) is 23.7 Å². The molecule has 4 nitrogen and oxygen atoms in total. The maximum absolute atomic E-state index is 12.2. The van der Waals surface area contributed by atoms with Crippen molar-refractivity contribution in [3.8, 4) is 11.8 Å². The van der Waals surface area contributed by atoms with Gasteiger partial charge in [0.05, 0.1) is 12.2 Å². The predicted molar refractivity (Wildman–Crippen MR) is 71.3 cm³/mol. The van der Waals surface area contributed by atoms with Crippen molar-refractivity contribution in [2.24, 2.45) is 0 Å². The molecule has 21 heavy (non-hydrogen) atoms. The van der Waals surface area contributed by atoms with Gasteiger partial charge in [-0.3, -0.25) is 9.59 Å². The Bertz CT molecular complexity index is 586. The van der Waals surface area contributed by atoms with Crippen molar-refractivity contribution in [1.29, 1.82) is 0 Å². The molecular weight excluding hydrogens is 285 g/mol. The van der Waals surface area contributed by atoms with Crippen molar-refractivity contribution in [3.63, 3.8) is 0 Å². The van der Waals surface area contributed by atoms with Crippen molar-refractivity contribution in [1.82, 2.24) is 5.32 Å². The van der Waals surface area contributed by atoms with Crippen molar-refractivity contribution < 1.29 is 22.8 Å². The Morgan fingerprint density at radius 2 is 1.90 bits per heavy atom. The average Bonchev–Trinajstić information content (AvgIpc) is 2.43. The Kier molecular flexibility index (Phi) is 5.79. The Balaban J connectivity index is 2.79. The molecule has 2 amide bonds. The average molecular weight is 298 g/mol. The number of carbonyl (C=O) groups excluding carboxylic acids is 2. The van der Waals surface area contributed by atoms with Crippen LogP contribution in [-0.2, 0) is 9.59 Å². The first kappa shape index (κ1) is 16.6. The summed E-state index contributed by atoms with van der Waals surface area (Å²) in [6.45, 7) is 1.76. The summed E-state index contributed by atoms with van der Waals surface area (Å²) in [5.74, 6) is 2.97. The zero-order valence-corrected chi connectivity index (χ0v) is 11.2. The first-order valence-electron chi connectivity index (χ1n) is 6.07. The maximum Gasteiger partial charge on any atom is 0.471 e. The van der Waals surface area contributed by atoms with E-state index < -0.39 is 12.1 Å². The first-order valence-corrected chi connectivity index (χ1v) is 6.07. The fraction of sp³-hybridized carbons (Fsp3) is 0.286. The topological polar surface area (TPSA) is 58.2 Å². The van der Waals surface area contributed by atoms with E-state index in [1.165, 1.54) is 18.2 Å². The molecule has 0 spiro atoms. The van der Waals surface area contributed by atoms with Crippen LogP contribution >= 0.6 is 0 Å². The lowest BCUT2D eigenvalue weighted by Gasteiger charge is -2.09. The number of rotatable bonds is 3. The van der Waals surface area contributed by atoms with Crippen LogP contribution in [0, 0.1) is 11.8 Å². The molecule has 1 aromatic rings. The number of para-hydroxylation sites is 1. The summed E-state index contributed by atoms with van der Waals surface area (Å²) in [5.41, 5.74) is 0.204. The molecule has 0 aliphatic rings. The zero-order valence-electron chi connectivity index (χ0n) is 11.2. The second-order valence-corrected chi connectivity index (χ2v) is 3.93. The Morgan fingerprint density at radius 1 is 1.24 bits per heavy atom. The second kappa shape index (κ2) is 7.33. The van der Waals surface area contributed by atoms with Gasteiger partial charge in [-0.05, 0) is 12.1 Å². The van der Waals surface area contributed by atoms with Gasteiger partial charge in [-0.25, -0.2) is 0 Å². The third-order valence-electron chi connectivity index (χ3n) is 2.35. The molecule has 0 radical (unpaired) electrons. The molecule has 0 aliphatic heterocycles. The predicted octanol–water partition coefficient (Wildman–Crippen LogP) is 2.07. The van der Waals surface area contributed by atoms with Gasteiger partial charge in [0.25, 0.3) is 0 Å². The van der Waals surface area contributed by atoms with Gasteiger partial charge in [-0.15, -0.1) is 0 Å². The number of nitrogens with one attached hydrogen (secondary N) is 2. The quantitative estimate of drug-likeness (QED) is 0.839. The minimum absolute atomic E-state index is 0.0332. The van der Waals surface area contributed by atoms with Crippen molar-refractivity contribution in [2.75, 3.05) is 11.9 Å². The summed E-state index contributed by atoms with van der Waals surface area (Å²) in [6.07, 6.45) is -4.64. The van der Waals surface area contributed by atoms with Gasteiger partial charge >= 0.3 is 12.1 Å². The number of hydrogen-bond acceptors (Lipinski definition) is 2. The van der Waals surface area contributed by atoms with Crippen LogP contribution in [0.15, 0.2) is 24.3 Å². The molecule has 0 bridgehead atoms. The van der Waals surface area contributed by atoms with Gasteiger partial charge in [0, 0.05) is 12.0 Å². The van der Waals surface area contributed by atoms with Gasteiger partial charge in [-0.2, -0.15) is 13.2 Å².